The van der Waals surface area contributed by atoms with Gasteiger partial charge in [-0.05, 0) is 28.8 Å². The summed E-state index contributed by atoms with van der Waals surface area (Å²) in [5.74, 6) is 0.687. The van der Waals surface area contributed by atoms with Crippen molar-refractivity contribution in [3.63, 3.8) is 0 Å². The van der Waals surface area contributed by atoms with E-state index in [2.05, 4.69) is 34.1 Å². The fraction of sp³-hybridized carbons (Fsp3) is 0.0476. The number of hydrogen-bond acceptors (Lipinski definition) is 4. The number of thioether (sulfide) groups is 1. The molecule has 0 unspecified atom stereocenters. The van der Waals surface area contributed by atoms with Crippen LogP contribution in [0.5, 0.6) is 0 Å². The molecule has 0 aliphatic carbocycles. The Morgan fingerprint density at radius 1 is 0.885 bits per heavy atom. The van der Waals surface area contributed by atoms with Gasteiger partial charge in [0, 0.05) is 26.2 Å². The SMILES string of the molecule is N#Cc1c(N)c(C#N)c2c(c1-c1ccccc1Br)CSc1ccccc1-2. The molecule has 2 N–H and O–H groups in total. The van der Waals surface area contributed by atoms with Gasteiger partial charge >= 0.3 is 0 Å². The molecule has 5 heteroatoms. The highest BCUT2D eigenvalue weighted by atomic mass is 79.9. The first kappa shape index (κ1) is 16.7. The molecule has 3 aromatic rings. The lowest BCUT2D eigenvalue weighted by Gasteiger charge is -2.26. The summed E-state index contributed by atoms with van der Waals surface area (Å²) in [7, 11) is 0. The molecule has 124 valence electrons. The van der Waals surface area contributed by atoms with Crippen LogP contribution in [-0.2, 0) is 5.75 Å². The van der Waals surface area contributed by atoms with Crippen molar-refractivity contribution in [1.29, 1.82) is 10.5 Å². The first-order chi connectivity index (χ1) is 12.7. The van der Waals surface area contributed by atoms with Gasteiger partial charge in [0.2, 0.25) is 0 Å². The third-order valence-electron chi connectivity index (χ3n) is 4.54. The molecule has 0 atom stereocenters. The summed E-state index contributed by atoms with van der Waals surface area (Å²) in [6.45, 7) is 0. The van der Waals surface area contributed by atoms with E-state index in [1.807, 2.05) is 42.5 Å². The molecule has 0 aromatic heterocycles. The molecule has 1 heterocycles. The van der Waals surface area contributed by atoms with Crippen molar-refractivity contribution in [3.05, 3.63) is 69.7 Å². The Bertz CT molecular complexity index is 1140. The lowest BCUT2D eigenvalue weighted by molar-refractivity contribution is 1.29. The second-order valence-corrected chi connectivity index (χ2v) is 7.75. The fourth-order valence-corrected chi connectivity index (χ4v) is 4.98. The summed E-state index contributed by atoms with van der Waals surface area (Å²) >= 11 is 5.31. The van der Waals surface area contributed by atoms with Crippen LogP contribution in [0.4, 0.5) is 5.69 Å². The first-order valence-corrected chi connectivity index (χ1v) is 9.70. The first-order valence-electron chi connectivity index (χ1n) is 7.93. The summed E-state index contributed by atoms with van der Waals surface area (Å²) in [5.41, 5.74) is 11.9. The van der Waals surface area contributed by atoms with Crippen LogP contribution in [0.15, 0.2) is 57.9 Å². The third kappa shape index (κ3) is 2.41. The number of nitriles is 2. The highest BCUT2D eigenvalue weighted by molar-refractivity contribution is 9.10. The predicted octanol–water partition coefficient (Wildman–Crippen LogP) is 5.71. The van der Waals surface area contributed by atoms with Crippen LogP contribution < -0.4 is 5.73 Å². The molecular weight excluding hydrogens is 406 g/mol. The van der Waals surface area contributed by atoms with Gasteiger partial charge in [-0.25, -0.2) is 0 Å². The van der Waals surface area contributed by atoms with Crippen molar-refractivity contribution < 1.29 is 0 Å². The maximum Gasteiger partial charge on any atom is 0.102 e. The van der Waals surface area contributed by atoms with E-state index in [0.29, 0.717) is 16.9 Å². The maximum atomic E-state index is 9.81. The second-order valence-electron chi connectivity index (χ2n) is 5.88. The number of halogens is 1. The highest BCUT2D eigenvalue weighted by Gasteiger charge is 2.29. The standard InChI is InChI=1S/C21H12BrN3S/c22-17-7-3-1-5-12(17)19-14(9-23)21(25)15(10-24)20-13-6-2-4-8-18(13)26-11-16(19)20/h1-8H,11,25H2. The van der Waals surface area contributed by atoms with Crippen molar-refractivity contribution in [2.45, 2.75) is 10.6 Å². The van der Waals surface area contributed by atoms with E-state index >= 15 is 0 Å². The Kier molecular flexibility index (Phi) is 4.20. The van der Waals surface area contributed by atoms with Gasteiger partial charge in [0.1, 0.15) is 12.1 Å². The largest absolute Gasteiger partial charge is 0.397 e. The molecule has 0 saturated heterocycles. The zero-order chi connectivity index (χ0) is 18.3. The number of nitrogens with zero attached hydrogens (tertiary/aromatic N) is 2. The lowest BCUT2D eigenvalue weighted by Crippen LogP contribution is -2.08. The summed E-state index contributed by atoms with van der Waals surface area (Å²) in [6.07, 6.45) is 0. The number of nitrogens with two attached hydrogens (primary N) is 1. The van der Waals surface area contributed by atoms with E-state index in [9.17, 15) is 10.5 Å². The Morgan fingerprint density at radius 3 is 2.12 bits per heavy atom. The number of nitrogen functional groups attached to an aromatic ring is 1. The van der Waals surface area contributed by atoms with E-state index in [0.717, 1.165) is 37.2 Å². The van der Waals surface area contributed by atoms with Crippen molar-refractivity contribution in [2.24, 2.45) is 0 Å². The zero-order valence-corrected chi connectivity index (χ0v) is 16.0. The molecule has 4 rings (SSSR count). The van der Waals surface area contributed by atoms with E-state index < -0.39 is 0 Å². The van der Waals surface area contributed by atoms with E-state index in [1.54, 1.807) is 11.8 Å². The second kappa shape index (κ2) is 6.53. The molecule has 0 spiro atoms. The van der Waals surface area contributed by atoms with Crippen molar-refractivity contribution in [1.82, 2.24) is 0 Å². The Balaban J connectivity index is 2.20. The monoisotopic (exact) mass is 417 g/mol. The molecule has 1 aliphatic heterocycles. The van der Waals surface area contributed by atoms with Gasteiger partial charge in [0.25, 0.3) is 0 Å². The van der Waals surface area contributed by atoms with Gasteiger partial charge in [0.05, 0.1) is 16.8 Å². The zero-order valence-electron chi connectivity index (χ0n) is 13.6. The molecule has 26 heavy (non-hydrogen) atoms. The van der Waals surface area contributed by atoms with Crippen LogP contribution in [0.1, 0.15) is 16.7 Å². The normalized spacial score (nSPS) is 11.8. The van der Waals surface area contributed by atoms with Gasteiger partial charge in [0.15, 0.2) is 0 Å². The van der Waals surface area contributed by atoms with E-state index in [4.69, 9.17) is 5.73 Å². The molecule has 0 amide bonds. The molecule has 0 fully saturated rings. The maximum absolute atomic E-state index is 9.81. The van der Waals surface area contributed by atoms with Crippen LogP contribution in [0, 0.1) is 22.7 Å². The molecule has 0 saturated carbocycles. The minimum atomic E-state index is 0.251. The van der Waals surface area contributed by atoms with Crippen LogP contribution in [0.3, 0.4) is 0 Å². The van der Waals surface area contributed by atoms with Crippen LogP contribution >= 0.6 is 27.7 Å². The third-order valence-corrected chi connectivity index (χ3v) is 6.33. The van der Waals surface area contributed by atoms with E-state index in [-0.39, 0.29) is 5.69 Å². The topological polar surface area (TPSA) is 73.6 Å². The van der Waals surface area contributed by atoms with Gasteiger partial charge in [-0.3, -0.25) is 0 Å². The summed E-state index contributed by atoms with van der Waals surface area (Å²) < 4.78 is 0.895. The van der Waals surface area contributed by atoms with Gasteiger partial charge in [-0.2, -0.15) is 10.5 Å². The average molecular weight is 418 g/mol. The number of fused-ring (bicyclic) bond motifs is 3. The molecule has 0 bridgehead atoms. The Hall–Kier alpha value is -2.73. The van der Waals surface area contributed by atoms with Crippen LogP contribution in [0.25, 0.3) is 22.3 Å². The molecule has 3 aromatic carbocycles. The van der Waals surface area contributed by atoms with Crippen molar-refractivity contribution in [3.8, 4) is 34.4 Å². The minimum absolute atomic E-state index is 0.251. The molecule has 3 nitrogen and oxygen atoms in total. The molecule has 0 radical (unpaired) electrons. The summed E-state index contributed by atoms with van der Waals surface area (Å²) in [4.78, 5) is 1.12. The van der Waals surface area contributed by atoms with Crippen LogP contribution in [0.2, 0.25) is 0 Å². The molecule has 1 aliphatic rings. The molecular formula is C21H12BrN3S. The Labute approximate surface area is 164 Å². The smallest absolute Gasteiger partial charge is 0.102 e. The number of rotatable bonds is 1. The van der Waals surface area contributed by atoms with Crippen molar-refractivity contribution in [2.75, 3.05) is 5.73 Å². The van der Waals surface area contributed by atoms with Crippen molar-refractivity contribution >= 4 is 33.4 Å². The van der Waals surface area contributed by atoms with E-state index in [1.165, 1.54) is 0 Å². The van der Waals surface area contributed by atoms with Crippen LogP contribution in [-0.4, -0.2) is 0 Å². The van der Waals surface area contributed by atoms with Gasteiger partial charge in [-0.15, -0.1) is 11.8 Å². The van der Waals surface area contributed by atoms with Gasteiger partial charge < -0.3 is 5.73 Å². The average Bonchev–Trinajstić information content (AvgIpc) is 2.67. The summed E-state index contributed by atoms with van der Waals surface area (Å²) in [5, 5.41) is 19.6. The quantitative estimate of drug-likeness (QED) is 0.514. The fourth-order valence-electron chi connectivity index (χ4n) is 3.41. The lowest BCUT2D eigenvalue weighted by atomic mass is 9.84. The minimum Gasteiger partial charge on any atom is -0.397 e. The Morgan fingerprint density at radius 2 is 1.46 bits per heavy atom. The number of benzene rings is 3. The summed E-state index contributed by atoms with van der Waals surface area (Å²) in [6, 6.07) is 20.3. The number of hydrogen-bond donors (Lipinski definition) is 1. The number of anilines is 1. The highest BCUT2D eigenvalue weighted by Crippen LogP contribution is 2.50. The van der Waals surface area contributed by atoms with Gasteiger partial charge in [-0.1, -0.05) is 52.3 Å². The predicted molar refractivity (Wildman–Crippen MR) is 108 cm³/mol.